The molecule has 0 aliphatic heterocycles. The Bertz CT molecular complexity index is 619. The van der Waals surface area contributed by atoms with Gasteiger partial charge < -0.3 is 4.74 Å². The summed E-state index contributed by atoms with van der Waals surface area (Å²) in [4.78, 5) is 0. The molecule has 1 unspecified atom stereocenters. The highest BCUT2D eigenvalue weighted by Gasteiger charge is 2.15. The Morgan fingerprint density at radius 3 is 2.45 bits per heavy atom. The van der Waals surface area contributed by atoms with Gasteiger partial charge in [0.05, 0.1) is 18.2 Å². The number of rotatable bonds is 4. The zero-order valence-corrected chi connectivity index (χ0v) is 12.0. The average molecular weight is 295 g/mol. The Kier molecular flexibility index (Phi) is 4.60. The summed E-state index contributed by atoms with van der Waals surface area (Å²) in [5, 5.41) is 0.516. The van der Waals surface area contributed by atoms with Crippen molar-refractivity contribution in [2.24, 2.45) is 5.84 Å². The van der Waals surface area contributed by atoms with Crippen molar-refractivity contribution in [2.75, 3.05) is 7.11 Å². The van der Waals surface area contributed by atoms with Crippen molar-refractivity contribution >= 4 is 11.6 Å². The lowest BCUT2D eigenvalue weighted by Crippen LogP contribution is -2.29. The molecule has 2 rings (SSSR count). The van der Waals surface area contributed by atoms with Gasteiger partial charge in [-0.1, -0.05) is 29.8 Å². The van der Waals surface area contributed by atoms with Gasteiger partial charge in [-0.25, -0.2) is 9.82 Å². The van der Waals surface area contributed by atoms with Crippen LogP contribution in [0.15, 0.2) is 36.4 Å². The highest BCUT2D eigenvalue weighted by Crippen LogP contribution is 2.30. The summed E-state index contributed by atoms with van der Waals surface area (Å²) in [5.74, 6) is 5.90. The molecule has 5 heteroatoms. The number of methoxy groups -OCH3 is 1. The lowest BCUT2D eigenvalue weighted by molar-refractivity contribution is 0.414. The maximum absolute atomic E-state index is 13.7. The zero-order chi connectivity index (χ0) is 14.7. The quantitative estimate of drug-likeness (QED) is 0.671. The van der Waals surface area contributed by atoms with Crippen molar-refractivity contribution < 1.29 is 9.13 Å². The summed E-state index contributed by atoms with van der Waals surface area (Å²) < 4.78 is 18.9. The summed E-state index contributed by atoms with van der Waals surface area (Å²) in [6.45, 7) is 1.72. The van der Waals surface area contributed by atoms with E-state index in [1.807, 2.05) is 12.1 Å². The van der Waals surface area contributed by atoms with Gasteiger partial charge in [0.25, 0.3) is 0 Å². The summed E-state index contributed by atoms with van der Waals surface area (Å²) in [7, 11) is 1.54. The molecule has 0 radical (unpaired) electrons. The van der Waals surface area contributed by atoms with Crippen LogP contribution in [-0.4, -0.2) is 7.11 Å². The van der Waals surface area contributed by atoms with Gasteiger partial charge in [0.2, 0.25) is 0 Å². The van der Waals surface area contributed by atoms with Crippen molar-refractivity contribution in [3.8, 4) is 5.75 Å². The van der Waals surface area contributed by atoms with Crippen LogP contribution in [0.3, 0.4) is 0 Å². The second-order valence-corrected chi connectivity index (χ2v) is 4.91. The normalized spacial score (nSPS) is 12.2. The van der Waals surface area contributed by atoms with E-state index in [0.717, 1.165) is 11.1 Å². The number of nitrogens with two attached hydrogens (primary N) is 1. The minimum atomic E-state index is -0.337. The molecule has 0 saturated carbocycles. The first-order chi connectivity index (χ1) is 9.56. The minimum absolute atomic E-state index is 0.260. The smallest absolute Gasteiger partial charge is 0.137 e. The summed E-state index contributed by atoms with van der Waals surface area (Å²) in [6.07, 6.45) is 0. The van der Waals surface area contributed by atoms with Crippen molar-refractivity contribution in [3.63, 3.8) is 0 Å². The summed E-state index contributed by atoms with van der Waals surface area (Å²) in [5.41, 5.74) is 4.86. The molecule has 106 valence electrons. The van der Waals surface area contributed by atoms with Gasteiger partial charge in [-0.15, -0.1) is 0 Å². The van der Waals surface area contributed by atoms with E-state index in [1.54, 1.807) is 32.2 Å². The van der Waals surface area contributed by atoms with Crippen LogP contribution in [0, 0.1) is 12.7 Å². The van der Waals surface area contributed by atoms with Crippen LogP contribution in [0.4, 0.5) is 4.39 Å². The van der Waals surface area contributed by atoms with E-state index in [2.05, 4.69) is 5.43 Å². The largest absolute Gasteiger partial charge is 0.495 e. The van der Waals surface area contributed by atoms with Gasteiger partial charge in [0.1, 0.15) is 11.6 Å². The molecule has 0 fully saturated rings. The van der Waals surface area contributed by atoms with Crippen LogP contribution in [0.5, 0.6) is 5.75 Å². The second kappa shape index (κ2) is 6.22. The van der Waals surface area contributed by atoms with Gasteiger partial charge in [-0.2, -0.15) is 0 Å². The van der Waals surface area contributed by atoms with Crippen molar-refractivity contribution in [2.45, 2.75) is 13.0 Å². The molecule has 0 bridgehead atoms. The Labute approximate surface area is 122 Å². The van der Waals surface area contributed by atoms with Crippen molar-refractivity contribution in [3.05, 3.63) is 63.9 Å². The first-order valence-corrected chi connectivity index (χ1v) is 6.50. The van der Waals surface area contributed by atoms with Crippen LogP contribution in [-0.2, 0) is 0 Å². The van der Waals surface area contributed by atoms with Crippen LogP contribution in [0.25, 0.3) is 0 Å². The van der Waals surface area contributed by atoms with Crippen LogP contribution in [0.1, 0.15) is 22.7 Å². The van der Waals surface area contributed by atoms with E-state index < -0.39 is 0 Å². The molecule has 0 saturated heterocycles. The minimum Gasteiger partial charge on any atom is -0.495 e. The number of ether oxygens (including phenoxy) is 1. The van der Waals surface area contributed by atoms with E-state index in [0.29, 0.717) is 16.3 Å². The lowest BCUT2D eigenvalue weighted by Gasteiger charge is -2.18. The van der Waals surface area contributed by atoms with Crippen LogP contribution < -0.4 is 16.0 Å². The standard InChI is InChI=1S/C15H16ClFN2O/c1-9-3-4-10(7-13(9)17)15(19-18)11-5-6-12(16)14(8-11)20-2/h3-8,15,19H,18H2,1-2H3. The number of hydrogen-bond donors (Lipinski definition) is 2. The molecule has 0 amide bonds. The van der Waals surface area contributed by atoms with Gasteiger partial charge in [-0.05, 0) is 41.8 Å². The van der Waals surface area contributed by atoms with Gasteiger partial charge in [0, 0.05) is 0 Å². The second-order valence-electron chi connectivity index (χ2n) is 4.50. The van der Waals surface area contributed by atoms with Gasteiger partial charge in [-0.3, -0.25) is 5.84 Å². The first-order valence-electron chi connectivity index (χ1n) is 6.12. The lowest BCUT2D eigenvalue weighted by atomic mass is 9.98. The van der Waals surface area contributed by atoms with Crippen LogP contribution >= 0.6 is 11.6 Å². The number of hydrazine groups is 1. The Morgan fingerprint density at radius 2 is 1.85 bits per heavy atom. The maximum Gasteiger partial charge on any atom is 0.137 e. The third-order valence-electron chi connectivity index (χ3n) is 3.20. The van der Waals surface area contributed by atoms with E-state index in [-0.39, 0.29) is 11.9 Å². The topological polar surface area (TPSA) is 47.3 Å². The fourth-order valence-electron chi connectivity index (χ4n) is 2.03. The first kappa shape index (κ1) is 14.8. The predicted molar refractivity (Wildman–Crippen MR) is 78.3 cm³/mol. The van der Waals surface area contributed by atoms with E-state index in [9.17, 15) is 4.39 Å². The molecule has 0 aromatic heterocycles. The molecule has 1 atom stereocenters. The third-order valence-corrected chi connectivity index (χ3v) is 3.52. The highest BCUT2D eigenvalue weighted by molar-refractivity contribution is 6.32. The third kappa shape index (κ3) is 2.93. The molecule has 3 nitrogen and oxygen atoms in total. The number of nitrogens with one attached hydrogen (secondary N) is 1. The fourth-order valence-corrected chi connectivity index (χ4v) is 2.22. The van der Waals surface area contributed by atoms with Crippen molar-refractivity contribution in [1.29, 1.82) is 0 Å². The molecule has 20 heavy (non-hydrogen) atoms. The molecule has 2 aromatic rings. The molecule has 0 spiro atoms. The summed E-state index contributed by atoms with van der Waals surface area (Å²) in [6, 6.07) is 10.0. The van der Waals surface area contributed by atoms with Gasteiger partial charge in [0.15, 0.2) is 0 Å². The molecular formula is C15H16ClFN2O. The van der Waals surface area contributed by atoms with E-state index >= 15 is 0 Å². The Balaban J connectivity index is 2.43. The summed E-state index contributed by atoms with van der Waals surface area (Å²) >= 11 is 6.00. The number of aryl methyl sites for hydroxylation is 1. The molecule has 0 aliphatic carbocycles. The highest BCUT2D eigenvalue weighted by atomic mass is 35.5. The molecule has 0 heterocycles. The Hall–Kier alpha value is -1.62. The monoisotopic (exact) mass is 294 g/mol. The average Bonchev–Trinajstić information content (AvgIpc) is 2.45. The Morgan fingerprint density at radius 1 is 1.20 bits per heavy atom. The predicted octanol–water partition coefficient (Wildman–Crippen LogP) is 3.35. The van der Waals surface area contributed by atoms with Crippen LogP contribution in [0.2, 0.25) is 5.02 Å². The molecule has 0 aliphatic rings. The molecule has 3 N–H and O–H groups in total. The number of hydrogen-bond acceptors (Lipinski definition) is 3. The molecular weight excluding hydrogens is 279 g/mol. The molecule has 2 aromatic carbocycles. The van der Waals surface area contributed by atoms with Gasteiger partial charge >= 0.3 is 0 Å². The maximum atomic E-state index is 13.7. The zero-order valence-electron chi connectivity index (χ0n) is 11.3. The fraction of sp³-hybridized carbons (Fsp3) is 0.200. The van der Waals surface area contributed by atoms with E-state index in [1.165, 1.54) is 6.07 Å². The SMILES string of the molecule is COc1cc(C(NN)c2ccc(C)c(F)c2)ccc1Cl. The number of halogens is 2. The van der Waals surface area contributed by atoms with Crippen molar-refractivity contribution in [1.82, 2.24) is 5.43 Å². The number of benzene rings is 2. The van der Waals surface area contributed by atoms with E-state index in [4.69, 9.17) is 22.2 Å².